The predicted molar refractivity (Wildman–Crippen MR) is 57.2 cm³/mol. The van der Waals surface area contributed by atoms with E-state index in [4.69, 9.17) is 5.11 Å². The standard InChI is InChI=1S/C10H15N3O3/c1-3-4-11-9(14)6-13-7(2)12-5-8(13)10(15)16/h5H,3-4,6H2,1-2H3,(H,11,14)(H,15,16). The number of aryl methyl sites for hydroxylation is 1. The first-order valence-corrected chi connectivity index (χ1v) is 5.08. The number of amides is 1. The van der Waals surface area contributed by atoms with Gasteiger partial charge in [-0.05, 0) is 13.3 Å². The van der Waals surface area contributed by atoms with Gasteiger partial charge in [0.25, 0.3) is 0 Å². The van der Waals surface area contributed by atoms with Crippen molar-refractivity contribution < 1.29 is 14.7 Å². The smallest absolute Gasteiger partial charge is 0.354 e. The predicted octanol–water partition coefficient (Wildman–Crippen LogP) is 0.416. The quantitative estimate of drug-likeness (QED) is 0.760. The third kappa shape index (κ3) is 2.82. The van der Waals surface area contributed by atoms with E-state index in [-0.39, 0.29) is 18.1 Å². The number of aromatic nitrogens is 2. The molecule has 0 radical (unpaired) electrons. The second kappa shape index (κ2) is 5.29. The number of imidazole rings is 1. The molecular formula is C10H15N3O3. The van der Waals surface area contributed by atoms with Crippen molar-refractivity contribution in [2.24, 2.45) is 0 Å². The fourth-order valence-electron chi connectivity index (χ4n) is 1.30. The van der Waals surface area contributed by atoms with E-state index in [9.17, 15) is 9.59 Å². The van der Waals surface area contributed by atoms with Crippen LogP contribution in [0.1, 0.15) is 29.7 Å². The Balaban J connectivity index is 2.76. The summed E-state index contributed by atoms with van der Waals surface area (Å²) >= 11 is 0. The Morgan fingerprint density at radius 3 is 2.81 bits per heavy atom. The number of carboxylic acid groups (broad SMARTS) is 1. The molecule has 16 heavy (non-hydrogen) atoms. The van der Waals surface area contributed by atoms with E-state index < -0.39 is 5.97 Å². The molecule has 1 aromatic rings. The molecule has 6 nitrogen and oxygen atoms in total. The summed E-state index contributed by atoms with van der Waals surface area (Å²) in [6, 6.07) is 0. The van der Waals surface area contributed by atoms with Crippen molar-refractivity contribution in [3.05, 3.63) is 17.7 Å². The number of carbonyl (C=O) groups excluding carboxylic acids is 1. The van der Waals surface area contributed by atoms with Gasteiger partial charge in [0.05, 0.1) is 6.20 Å². The molecule has 0 aliphatic rings. The summed E-state index contributed by atoms with van der Waals surface area (Å²) < 4.78 is 1.38. The molecule has 1 rings (SSSR count). The molecule has 0 saturated heterocycles. The number of carbonyl (C=O) groups is 2. The summed E-state index contributed by atoms with van der Waals surface area (Å²) in [4.78, 5) is 26.2. The second-order valence-electron chi connectivity index (χ2n) is 3.43. The topological polar surface area (TPSA) is 84.2 Å². The molecular weight excluding hydrogens is 210 g/mol. The van der Waals surface area contributed by atoms with E-state index in [0.717, 1.165) is 6.42 Å². The Bertz CT molecular complexity index is 398. The molecule has 0 bridgehead atoms. The van der Waals surface area contributed by atoms with Crippen molar-refractivity contribution >= 4 is 11.9 Å². The third-order valence-electron chi connectivity index (χ3n) is 2.15. The van der Waals surface area contributed by atoms with Gasteiger partial charge in [0, 0.05) is 6.54 Å². The van der Waals surface area contributed by atoms with Gasteiger partial charge in [0.2, 0.25) is 5.91 Å². The molecule has 1 aromatic heterocycles. The van der Waals surface area contributed by atoms with Crippen LogP contribution in [0.3, 0.4) is 0 Å². The fraction of sp³-hybridized carbons (Fsp3) is 0.500. The van der Waals surface area contributed by atoms with Gasteiger partial charge in [-0.25, -0.2) is 9.78 Å². The first-order valence-electron chi connectivity index (χ1n) is 5.08. The maximum atomic E-state index is 11.4. The Kier molecular flexibility index (Phi) is 4.04. The van der Waals surface area contributed by atoms with E-state index in [0.29, 0.717) is 12.4 Å². The Morgan fingerprint density at radius 2 is 2.25 bits per heavy atom. The van der Waals surface area contributed by atoms with Crippen LogP contribution in [-0.2, 0) is 11.3 Å². The van der Waals surface area contributed by atoms with Crippen LogP contribution in [0.2, 0.25) is 0 Å². The van der Waals surface area contributed by atoms with Crippen molar-refractivity contribution in [2.45, 2.75) is 26.8 Å². The highest BCUT2D eigenvalue weighted by atomic mass is 16.4. The van der Waals surface area contributed by atoms with E-state index in [1.54, 1.807) is 6.92 Å². The van der Waals surface area contributed by atoms with Crippen LogP contribution in [0.15, 0.2) is 6.20 Å². The Morgan fingerprint density at radius 1 is 1.56 bits per heavy atom. The number of aromatic carboxylic acids is 1. The molecule has 0 aliphatic carbocycles. The van der Waals surface area contributed by atoms with Crippen molar-refractivity contribution in [1.29, 1.82) is 0 Å². The molecule has 0 unspecified atom stereocenters. The summed E-state index contributed by atoms with van der Waals surface area (Å²) in [6.45, 7) is 4.20. The highest BCUT2D eigenvalue weighted by Gasteiger charge is 2.15. The average molecular weight is 225 g/mol. The van der Waals surface area contributed by atoms with E-state index in [2.05, 4.69) is 10.3 Å². The van der Waals surface area contributed by atoms with Gasteiger partial charge in [0.15, 0.2) is 0 Å². The lowest BCUT2D eigenvalue weighted by Gasteiger charge is -2.07. The molecule has 1 amide bonds. The van der Waals surface area contributed by atoms with Crippen molar-refractivity contribution in [1.82, 2.24) is 14.9 Å². The molecule has 2 N–H and O–H groups in total. The summed E-state index contributed by atoms with van der Waals surface area (Å²) in [6.07, 6.45) is 2.10. The number of carboxylic acids is 1. The van der Waals surface area contributed by atoms with E-state index >= 15 is 0 Å². The van der Waals surface area contributed by atoms with Crippen molar-refractivity contribution in [2.75, 3.05) is 6.54 Å². The van der Waals surface area contributed by atoms with Gasteiger partial charge in [-0.15, -0.1) is 0 Å². The first-order chi connectivity index (χ1) is 7.56. The molecule has 0 atom stereocenters. The number of rotatable bonds is 5. The number of nitrogens with one attached hydrogen (secondary N) is 1. The van der Waals surface area contributed by atoms with Crippen molar-refractivity contribution in [3.8, 4) is 0 Å². The molecule has 88 valence electrons. The monoisotopic (exact) mass is 225 g/mol. The lowest BCUT2D eigenvalue weighted by molar-refractivity contribution is -0.121. The molecule has 0 aromatic carbocycles. The second-order valence-corrected chi connectivity index (χ2v) is 3.43. The zero-order chi connectivity index (χ0) is 12.1. The van der Waals surface area contributed by atoms with Gasteiger partial charge in [0.1, 0.15) is 18.1 Å². The summed E-state index contributed by atoms with van der Waals surface area (Å²) in [7, 11) is 0. The van der Waals surface area contributed by atoms with E-state index in [1.807, 2.05) is 6.92 Å². The van der Waals surface area contributed by atoms with Crippen LogP contribution >= 0.6 is 0 Å². The van der Waals surface area contributed by atoms with Crippen molar-refractivity contribution in [3.63, 3.8) is 0 Å². The average Bonchev–Trinajstić information content (AvgIpc) is 2.58. The molecule has 1 heterocycles. The highest BCUT2D eigenvalue weighted by Crippen LogP contribution is 2.04. The first kappa shape index (κ1) is 12.2. The van der Waals surface area contributed by atoms with Crippen LogP contribution in [0.4, 0.5) is 0 Å². The van der Waals surface area contributed by atoms with Crippen LogP contribution in [0.5, 0.6) is 0 Å². The van der Waals surface area contributed by atoms with E-state index in [1.165, 1.54) is 10.8 Å². The molecule has 0 aliphatic heterocycles. The lowest BCUT2D eigenvalue weighted by Crippen LogP contribution is -2.29. The zero-order valence-electron chi connectivity index (χ0n) is 9.36. The number of nitrogens with zero attached hydrogens (tertiary/aromatic N) is 2. The minimum atomic E-state index is -1.08. The molecule has 0 spiro atoms. The molecule has 0 saturated carbocycles. The summed E-state index contributed by atoms with van der Waals surface area (Å²) in [5.74, 6) is -0.765. The summed E-state index contributed by atoms with van der Waals surface area (Å²) in [5.41, 5.74) is 0.0316. The number of hydrogen-bond acceptors (Lipinski definition) is 3. The number of hydrogen-bond donors (Lipinski definition) is 2. The minimum Gasteiger partial charge on any atom is -0.477 e. The zero-order valence-corrected chi connectivity index (χ0v) is 9.36. The van der Waals surface area contributed by atoms with Gasteiger partial charge < -0.3 is 15.0 Å². The van der Waals surface area contributed by atoms with Crippen LogP contribution < -0.4 is 5.32 Å². The van der Waals surface area contributed by atoms with Crippen LogP contribution in [0, 0.1) is 6.92 Å². The largest absolute Gasteiger partial charge is 0.477 e. The Hall–Kier alpha value is -1.85. The van der Waals surface area contributed by atoms with Crippen LogP contribution in [0.25, 0.3) is 0 Å². The normalized spacial score (nSPS) is 10.1. The van der Waals surface area contributed by atoms with Gasteiger partial charge >= 0.3 is 5.97 Å². The highest BCUT2D eigenvalue weighted by molar-refractivity contribution is 5.86. The maximum absolute atomic E-state index is 11.4. The minimum absolute atomic E-state index is 0.00648. The van der Waals surface area contributed by atoms with Crippen LogP contribution in [-0.4, -0.2) is 33.1 Å². The molecule has 6 heteroatoms. The van der Waals surface area contributed by atoms with Gasteiger partial charge in [-0.1, -0.05) is 6.92 Å². The lowest BCUT2D eigenvalue weighted by atomic mass is 10.4. The van der Waals surface area contributed by atoms with Gasteiger partial charge in [-0.2, -0.15) is 0 Å². The fourth-order valence-corrected chi connectivity index (χ4v) is 1.30. The third-order valence-corrected chi connectivity index (χ3v) is 2.15. The Labute approximate surface area is 93.3 Å². The summed E-state index contributed by atoms with van der Waals surface area (Å²) in [5, 5.41) is 11.6. The molecule has 0 fully saturated rings. The SMILES string of the molecule is CCCNC(=O)Cn1c(C(=O)O)cnc1C. The van der Waals surface area contributed by atoms with Gasteiger partial charge in [-0.3, -0.25) is 4.79 Å². The maximum Gasteiger partial charge on any atom is 0.354 e.